The normalized spacial score (nSPS) is 12.8. The van der Waals surface area contributed by atoms with Crippen molar-refractivity contribution in [3.05, 3.63) is 70.6 Å². The van der Waals surface area contributed by atoms with Crippen LogP contribution in [0.2, 0.25) is 0 Å². The van der Waals surface area contributed by atoms with Gasteiger partial charge in [-0.1, -0.05) is 12.1 Å². The number of pyridine rings is 1. The number of nitrogens with zero attached hydrogens (tertiary/aromatic N) is 2. The van der Waals surface area contributed by atoms with Crippen LogP contribution in [0.5, 0.6) is 0 Å². The molecular weight excluding hydrogens is 403 g/mol. The maximum absolute atomic E-state index is 13.3. The van der Waals surface area contributed by atoms with Crippen molar-refractivity contribution in [2.75, 3.05) is 0 Å². The largest absolute Gasteiger partial charge is 0.388 e. The molecule has 1 atom stereocenters. The zero-order valence-corrected chi connectivity index (χ0v) is 17.5. The number of carbonyl (C=O) groups excluding carboxylic acids is 1. The number of carbonyl (C=O) groups is 1. The van der Waals surface area contributed by atoms with Gasteiger partial charge in [0.15, 0.2) is 0 Å². The Labute approximate surface area is 176 Å². The summed E-state index contributed by atoms with van der Waals surface area (Å²) in [5, 5.41) is 21.7. The van der Waals surface area contributed by atoms with Crippen molar-refractivity contribution in [3.63, 3.8) is 0 Å². The summed E-state index contributed by atoms with van der Waals surface area (Å²) in [5.74, 6) is -0.698. The number of halogens is 1. The van der Waals surface area contributed by atoms with Gasteiger partial charge >= 0.3 is 0 Å². The Bertz CT molecular complexity index is 1210. The first-order chi connectivity index (χ1) is 14.2. The third-order valence-electron chi connectivity index (χ3n) is 4.84. The van der Waals surface area contributed by atoms with Gasteiger partial charge in [-0.25, -0.2) is 4.39 Å². The third-order valence-corrected chi connectivity index (χ3v) is 5.87. The van der Waals surface area contributed by atoms with Crippen molar-refractivity contribution in [2.45, 2.75) is 32.4 Å². The average Bonchev–Trinajstić information content (AvgIpc) is 3.27. The molecule has 0 bridgehead atoms. The fraction of sp³-hybridized carbons (Fsp3) is 0.227. The maximum Gasteiger partial charge on any atom is 0.262 e. The first-order valence-electron chi connectivity index (χ1n) is 9.42. The minimum atomic E-state index is -1.24. The van der Waals surface area contributed by atoms with Crippen LogP contribution in [0.4, 0.5) is 4.39 Å². The molecule has 8 heteroatoms. The molecule has 154 valence electrons. The van der Waals surface area contributed by atoms with E-state index in [0.717, 1.165) is 27.2 Å². The molecule has 30 heavy (non-hydrogen) atoms. The van der Waals surface area contributed by atoms with Crippen LogP contribution in [0.25, 0.3) is 21.5 Å². The second-order valence-electron chi connectivity index (χ2n) is 7.72. The van der Waals surface area contributed by atoms with Gasteiger partial charge < -0.3 is 10.4 Å². The molecule has 0 radical (unpaired) electrons. The van der Waals surface area contributed by atoms with E-state index < -0.39 is 11.6 Å². The summed E-state index contributed by atoms with van der Waals surface area (Å²) in [6.45, 7) is 5.12. The molecule has 3 heterocycles. The molecule has 1 aromatic carbocycles. The van der Waals surface area contributed by atoms with Crippen LogP contribution < -0.4 is 5.32 Å². The summed E-state index contributed by atoms with van der Waals surface area (Å²) in [6.07, 6.45) is 1.72. The molecule has 0 fully saturated rings. The molecule has 6 nitrogen and oxygen atoms in total. The zero-order valence-electron chi connectivity index (χ0n) is 16.7. The zero-order chi connectivity index (χ0) is 21.5. The minimum absolute atomic E-state index is 0.321. The predicted octanol–water partition coefficient (Wildman–Crippen LogP) is 4.38. The summed E-state index contributed by atoms with van der Waals surface area (Å²) in [5.41, 5.74) is 1.92. The fourth-order valence-electron chi connectivity index (χ4n) is 3.37. The number of aromatic amines is 1. The number of aryl methyl sites for hydroxylation is 1. The van der Waals surface area contributed by atoms with Crippen LogP contribution in [0.3, 0.4) is 0 Å². The number of aromatic nitrogens is 3. The number of aliphatic hydroxyl groups is 1. The van der Waals surface area contributed by atoms with Gasteiger partial charge in [-0.2, -0.15) is 5.10 Å². The lowest BCUT2D eigenvalue weighted by atomic mass is 9.91. The molecule has 0 saturated carbocycles. The number of hydrogen-bond acceptors (Lipinski definition) is 5. The first kappa shape index (κ1) is 20.2. The van der Waals surface area contributed by atoms with Crippen molar-refractivity contribution in [1.29, 1.82) is 0 Å². The van der Waals surface area contributed by atoms with Gasteiger partial charge in [0.05, 0.1) is 16.5 Å². The summed E-state index contributed by atoms with van der Waals surface area (Å²) < 4.78 is 13.3. The summed E-state index contributed by atoms with van der Waals surface area (Å²) >= 11 is 1.29. The monoisotopic (exact) mass is 424 g/mol. The topological polar surface area (TPSA) is 90.9 Å². The van der Waals surface area contributed by atoms with Crippen molar-refractivity contribution >= 4 is 27.5 Å². The smallest absolute Gasteiger partial charge is 0.262 e. The van der Waals surface area contributed by atoms with Gasteiger partial charge in [0.1, 0.15) is 16.3 Å². The standard InChI is InChI=1S/C22H21FN4O2S/c1-12-10-14(8-9-24-12)18-16-11-17(30-21(16)27-26-18)20(28)25-19(22(2,3)29)13-4-6-15(23)7-5-13/h4-11,19,29H,1-3H3,(H,25,28)(H,26,27)/t19-/m0/s1. The molecule has 3 aromatic heterocycles. The van der Waals surface area contributed by atoms with Gasteiger partial charge in [0, 0.05) is 22.8 Å². The molecule has 0 aliphatic rings. The van der Waals surface area contributed by atoms with Gasteiger partial charge in [-0.15, -0.1) is 11.3 Å². The number of benzene rings is 1. The predicted molar refractivity (Wildman–Crippen MR) is 115 cm³/mol. The molecule has 0 aliphatic carbocycles. The van der Waals surface area contributed by atoms with E-state index in [1.165, 1.54) is 23.5 Å². The number of fused-ring (bicyclic) bond motifs is 1. The number of rotatable bonds is 5. The number of nitrogens with one attached hydrogen (secondary N) is 2. The van der Waals surface area contributed by atoms with E-state index in [1.54, 1.807) is 38.2 Å². The van der Waals surface area contributed by atoms with Gasteiger partial charge in [0.2, 0.25) is 0 Å². The van der Waals surface area contributed by atoms with E-state index in [2.05, 4.69) is 20.5 Å². The van der Waals surface area contributed by atoms with Crippen molar-refractivity contribution in [1.82, 2.24) is 20.5 Å². The molecule has 0 saturated heterocycles. The molecule has 4 rings (SSSR count). The fourth-order valence-corrected chi connectivity index (χ4v) is 4.27. The summed E-state index contributed by atoms with van der Waals surface area (Å²) in [6, 6.07) is 10.6. The highest BCUT2D eigenvalue weighted by atomic mass is 32.1. The van der Waals surface area contributed by atoms with Gasteiger partial charge in [-0.3, -0.25) is 14.9 Å². The lowest BCUT2D eigenvalue weighted by molar-refractivity contribution is 0.0345. The number of hydrogen-bond donors (Lipinski definition) is 3. The van der Waals surface area contributed by atoms with Gasteiger partial charge in [0.25, 0.3) is 5.91 Å². The molecule has 4 aromatic rings. The lowest BCUT2D eigenvalue weighted by Gasteiger charge is -2.30. The minimum Gasteiger partial charge on any atom is -0.388 e. The van der Waals surface area contributed by atoms with Crippen LogP contribution in [0.15, 0.2) is 48.7 Å². The number of H-pyrrole nitrogens is 1. The van der Waals surface area contributed by atoms with Crippen LogP contribution in [-0.2, 0) is 0 Å². The van der Waals surface area contributed by atoms with Crippen molar-refractivity contribution in [3.8, 4) is 11.3 Å². The molecule has 1 amide bonds. The second kappa shape index (κ2) is 7.62. The third kappa shape index (κ3) is 3.96. The quantitative estimate of drug-likeness (QED) is 0.444. The van der Waals surface area contributed by atoms with E-state index >= 15 is 0 Å². The SMILES string of the molecule is Cc1cc(-c2n[nH]c3sc(C(=O)N[C@@H](c4ccc(F)cc4)C(C)(C)O)cc23)ccn1. The Balaban J connectivity index is 1.64. The van der Waals surface area contributed by atoms with Crippen LogP contribution in [0, 0.1) is 12.7 Å². The Kier molecular flexibility index (Phi) is 5.13. The van der Waals surface area contributed by atoms with E-state index in [1.807, 2.05) is 19.1 Å². The highest BCUT2D eigenvalue weighted by Crippen LogP contribution is 2.33. The Morgan fingerprint density at radius 2 is 1.97 bits per heavy atom. The molecule has 0 aliphatic heterocycles. The van der Waals surface area contributed by atoms with E-state index in [4.69, 9.17) is 0 Å². The maximum atomic E-state index is 13.3. The van der Waals surface area contributed by atoms with Crippen LogP contribution in [0.1, 0.15) is 40.8 Å². The number of amides is 1. The molecule has 3 N–H and O–H groups in total. The molecular formula is C22H21FN4O2S. The Morgan fingerprint density at radius 1 is 1.23 bits per heavy atom. The number of thiophene rings is 1. The highest BCUT2D eigenvalue weighted by molar-refractivity contribution is 7.20. The molecule has 0 spiro atoms. The van der Waals surface area contributed by atoms with Crippen molar-refractivity contribution < 1.29 is 14.3 Å². The second-order valence-corrected chi connectivity index (χ2v) is 8.78. The lowest BCUT2D eigenvalue weighted by Crippen LogP contribution is -2.42. The first-order valence-corrected chi connectivity index (χ1v) is 10.2. The van der Waals surface area contributed by atoms with E-state index in [-0.39, 0.29) is 11.7 Å². The highest BCUT2D eigenvalue weighted by Gasteiger charge is 2.31. The van der Waals surface area contributed by atoms with E-state index in [0.29, 0.717) is 10.4 Å². The summed E-state index contributed by atoms with van der Waals surface area (Å²) in [4.78, 5) is 18.5. The van der Waals surface area contributed by atoms with Gasteiger partial charge in [-0.05, 0) is 56.7 Å². The van der Waals surface area contributed by atoms with Crippen LogP contribution in [-0.4, -0.2) is 31.8 Å². The van der Waals surface area contributed by atoms with Crippen molar-refractivity contribution in [2.24, 2.45) is 0 Å². The van der Waals surface area contributed by atoms with Crippen LogP contribution >= 0.6 is 11.3 Å². The molecule has 0 unspecified atom stereocenters. The van der Waals surface area contributed by atoms with E-state index in [9.17, 15) is 14.3 Å². The average molecular weight is 425 g/mol. The Hall–Kier alpha value is -3.10. The Morgan fingerprint density at radius 3 is 2.63 bits per heavy atom. The summed E-state index contributed by atoms with van der Waals surface area (Å²) in [7, 11) is 0.